The number of para-hydroxylation sites is 1. The zero-order valence-electron chi connectivity index (χ0n) is 20.8. The van der Waals surface area contributed by atoms with Crippen LogP contribution in [0.5, 0.6) is 11.5 Å². The molecule has 0 aliphatic rings. The van der Waals surface area contributed by atoms with Gasteiger partial charge in [-0.25, -0.2) is 21.6 Å². The molecule has 36 heavy (non-hydrogen) atoms. The van der Waals surface area contributed by atoms with Crippen LogP contribution in [-0.2, 0) is 33.1 Å². The van der Waals surface area contributed by atoms with Gasteiger partial charge in [-0.2, -0.15) is 4.31 Å². The summed E-state index contributed by atoms with van der Waals surface area (Å²) in [7, 11) is -4.74. The Kier molecular flexibility index (Phi) is 9.13. The van der Waals surface area contributed by atoms with Crippen LogP contribution in [0.3, 0.4) is 0 Å². The molecular formula is C26H32N2O6S2. The van der Waals surface area contributed by atoms with Gasteiger partial charge in [0.2, 0.25) is 20.0 Å². The largest absolute Gasteiger partial charge is 0.493 e. The van der Waals surface area contributed by atoms with Gasteiger partial charge in [0.15, 0.2) is 11.5 Å². The number of rotatable bonds is 12. The molecule has 3 rings (SSSR count). The van der Waals surface area contributed by atoms with Gasteiger partial charge in [0.05, 0.1) is 24.0 Å². The number of hydrogen-bond acceptors (Lipinski definition) is 6. The monoisotopic (exact) mass is 532 g/mol. The molecule has 0 aliphatic carbocycles. The normalized spacial score (nSPS) is 12.9. The van der Waals surface area contributed by atoms with Crippen molar-refractivity contribution >= 4 is 20.0 Å². The molecule has 0 fully saturated rings. The van der Waals surface area contributed by atoms with E-state index in [2.05, 4.69) is 4.72 Å². The molecular weight excluding hydrogens is 500 g/mol. The lowest BCUT2D eigenvalue weighted by atomic mass is 10.1. The van der Waals surface area contributed by atoms with Crippen LogP contribution in [-0.4, -0.2) is 41.4 Å². The summed E-state index contributed by atoms with van der Waals surface area (Å²) >= 11 is 0. The summed E-state index contributed by atoms with van der Waals surface area (Å²) in [5.74, 6) is 0.946. The Balaban J connectivity index is 1.99. The Bertz CT molecular complexity index is 1360. The third-order valence-electron chi connectivity index (χ3n) is 5.77. The first-order valence-corrected chi connectivity index (χ1v) is 14.4. The smallest absolute Gasteiger partial charge is 0.243 e. The van der Waals surface area contributed by atoms with Crippen LogP contribution in [0.2, 0.25) is 0 Å². The van der Waals surface area contributed by atoms with Gasteiger partial charge in [-0.3, -0.25) is 0 Å². The van der Waals surface area contributed by atoms with Gasteiger partial charge >= 0.3 is 0 Å². The van der Waals surface area contributed by atoms with Crippen molar-refractivity contribution in [2.45, 2.75) is 49.2 Å². The van der Waals surface area contributed by atoms with Crippen molar-refractivity contribution in [3.05, 3.63) is 83.9 Å². The quantitative estimate of drug-likeness (QED) is 0.376. The standard InChI is InChI=1S/C26H32N2O6S2/c1-5-20(2)27-35(29,30)23-14-16-24(17-15-23)36(31,32)28(18-21-10-7-6-8-11-21)19-22-12-9-13-25(33-3)26(22)34-4/h6-17,20,27H,5,18-19H2,1-4H3/t20-/m1/s1. The fourth-order valence-electron chi connectivity index (χ4n) is 3.64. The maximum absolute atomic E-state index is 13.8. The fraction of sp³-hybridized carbons (Fsp3) is 0.308. The maximum Gasteiger partial charge on any atom is 0.243 e. The van der Waals surface area contributed by atoms with Gasteiger partial charge in [0.1, 0.15) is 0 Å². The second kappa shape index (κ2) is 11.9. The van der Waals surface area contributed by atoms with Crippen molar-refractivity contribution in [2.75, 3.05) is 14.2 Å². The number of hydrogen-bond donors (Lipinski definition) is 1. The van der Waals surface area contributed by atoms with E-state index in [0.29, 0.717) is 23.5 Å². The Hall–Kier alpha value is -2.92. The zero-order chi connectivity index (χ0) is 26.3. The Morgan fingerprint density at radius 1 is 0.806 bits per heavy atom. The van der Waals surface area contributed by atoms with Gasteiger partial charge in [0, 0.05) is 24.7 Å². The summed E-state index contributed by atoms with van der Waals surface area (Å²) < 4.78 is 67.6. The highest BCUT2D eigenvalue weighted by molar-refractivity contribution is 7.89. The second-order valence-electron chi connectivity index (χ2n) is 8.31. The van der Waals surface area contributed by atoms with E-state index < -0.39 is 20.0 Å². The fourth-order valence-corrected chi connectivity index (χ4v) is 6.37. The van der Waals surface area contributed by atoms with Crippen molar-refractivity contribution in [3.63, 3.8) is 0 Å². The number of benzene rings is 3. The van der Waals surface area contributed by atoms with Gasteiger partial charge < -0.3 is 9.47 Å². The highest BCUT2D eigenvalue weighted by Crippen LogP contribution is 2.33. The highest BCUT2D eigenvalue weighted by atomic mass is 32.2. The molecule has 1 atom stereocenters. The maximum atomic E-state index is 13.8. The van der Waals surface area contributed by atoms with E-state index in [1.54, 1.807) is 25.1 Å². The lowest BCUT2D eigenvalue weighted by Crippen LogP contribution is -2.32. The van der Waals surface area contributed by atoms with E-state index in [0.717, 1.165) is 5.56 Å². The first-order valence-electron chi connectivity index (χ1n) is 11.5. The predicted molar refractivity (Wildman–Crippen MR) is 139 cm³/mol. The minimum atomic E-state index is -4.01. The van der Waals surface area contributed by atoms with Crippen molar-refractivity contribution in [3.8, 4) is 11.5 Å². The highest BCUT2D eigenvalue weighted by Gasteiger charge is 2.27. The topological polar surface area (TPSA) is 102 Å². The molecule has 0 bridgehead atoms. The third-order valence-corrected chi connectivity index (χ3v) is 9.18. The predicted octanol–water partition coefficient (Wildman–Crippen LogP) is 4.17. The van der Waals surface area contributed by atoms with E-state index in [-0.39, 0.29) is 28.9 Å². The second-order valence-corrected chi connectivity index (χ2v) is 12.0. The molecule has 0 amide bonds. The van der Waals surface area contributed by atoms with E-state index in [1.165, 1.54) is 42.8 Å². The SMILES string of the molecule is CC[C@@H](C)NS(=O)(=O)c1ccc(S(=O)(=O)N(Cc2ccccc2)Cc2cccc(OC)c2OC)cc1. The lowest BCUT2D eigenvalue weighted by Gasteiger charge is -2.24. The molecule has 0 saturated heterocycles. The van der Waals surface area contributed by atoms with Crippen molar-refractivity contribution in [2.24, 2.45) is 0 Å². The van der Waals surface area contributed by atoms with E-state index in [4.69, 9.17) is 9.47 Å². The molecule has 1 N–H and O–H groups in total. The van der Waals surface area contributed by atoms with Crippen LogP contribution < -0.4 is 14.2 Å². The Morgan fingerprint density at radius 2 is 1.44 bits per heavy atom. The average molecular weight is 533 g/mol. The average Bonchev–Trinajstić information content (AvgIpc) is 2.88. The van der Waals surface area contributed by atoms with Gasteiger partial charge in [-0.1, -0.05) is 49.4 Å². The van der Waals surface area contributed by atoms with E-state index in [9.17, 15) is 16.8 Å². The summed E-state index contributed by atoms with van der Waals surface area (Å²) in [4.78, 5) is -0.00592. The summed E-state index contributed by atoms with van der Waals surface area (Å²) in [5, 5.41) is 0. The summed E-state index contributed by atoms with van der Waals surface area (Å²) in [5.41, 5.74) is 1.44. The molecule has 0 aliphatic heterocycles. The molecule has 0 spiro atoms. The van der Waals surface area contributed by atoms with Crippen molar-refractivity contribution < 1.29 is 26.3 Å². The minimum Gasteiger partial charge on any atom is -0.493 e. The van der Waals surface area contributed by atoms with Crippen LogP contribution in [0.4, 0.5) is 0 Å². The van der Waals surface area contributed by atoms with Gasteiger partial charge in [-0.05, 0) is 49.2 Å². The first kappa shape index (κ1) is 27.7. The molecule has 0 unspecified atom stereocenters. The summed E-state index contributed by atoms with van der Waals surface area (Å²) in [6.45, 7) is 3.78. The molecule has 8 nitrogen and oxygen atoms in total. The number of methoxy groups -OCH3 is 2. The van der Waals surface area contributed by atoms with Gasteiger partial charge in [-0.15, -0.1) is 0 Å². The zero-order valence-corrected chi connectivity index (χ0v) is 22.5. The molecule has 10 heteroatoms. The molecule has 0 heterocycles. The van der Waals surface area contributed by atoms with E-state index in [1.807, 2.05) is 37.3 Å². The molecule has 0 aromatic heterocycles. The first-order chi connectivity index (χ1) is 17.1. The third kappa shape index (κ3) is 6.44. The molecule has 0 radical (unpaired) electrons. The molecule has 3 aromatic rings. The number of nitrogens with zero attached hydrogens (tertiary/aromatic N) is 1. The number of ether oxygens (including phenoxy) is 2. The van der Waals surface area contributed by atoms with Crippen LogP contribution >= 0.6 is 0 Å². The van der Waals surface area contributed by atoms with Crippen LogP contribution in [0, 0.1) is 0 Å². The summed E-state index contributed by atoms with van der Waals surface area (Å²) in [6.07, 6.45) is 0.633. The number of sulfonamides is 2. The van der Waals surface area contributed by atoms with Crippen LogP contribution in [0.1, 0.15) is 31.4 Å². The molecule has 3 aromatic carbocycles. The molecule has 0 saturated carbocycles. The number of nitrogens with one attached hydrogen (secondary N) is 1. The Labute approximate surface area is 214 Å². The lowest BCUT2D eigenvalue weighted by molar-refractivity contribution is 0.341. The minimum absolute atomic E-state index is 0.00539. The van der Waals surface area contributed by atoms with Crippen LogP contribution in [0.25, 0.3) is 0 Å². The Morgan fingerprint density at radius 3 is 2.03 bits per heavy atom. The van der Waals surface area contributed by atoms with E-state index >= 15 is 0 Å². The van der Waals surface area contributed by atoms with Crippen molar-refractivity contribution in [1.29, 1.82) is 0 Å². The molecule has 194 valence electrons. The van der Waals surface area contributed by atoms with Crippen molar-refractivity contribution in [1.82, 2.24) is 9.03 Å². The van der Waals surface area contributed by atoms with Gasteiger partial charge in [0.25, 0.3) is 0 Å². The summed E-state index contributed by atoms with van der Waals surface area (Å²) in [6, 6.07) is 19.6. The van der Waals surface area contributed by atoms with Crippen LogP contribution in [0.15, 0.2) is 82.6 Å².